The molecule has 5 heteroatoms. The molecule has 25 heavy (non-hydrogen) atoms. The fourth-order valence-electron chi connectivity index (χ4n) is 2.53. The Balaban J connectivity index is 2.04. The van der Waals surface area contributed by atoms with Gasteiger partial charge in [0, 0.05) is 5.56 Å². The average Bonchev–Trinajstić information content (AvgIpc) is 3.05. The van der Waals surface area contributed by atoms with Crippen molar-refractivity contribution < 1.29 is 9.84 Å². The lowest BCUT2D eigenvalue weighted by molar-refractivity contribution is 0.271. The average molecular weight is 357 g/mol. The van der Waals surface area contributed by atoms with Crippen LogP contribution in [0.1, 0.15) is 19.5 Å². The van der Waals surface area contributed by atoms with Crippen molar-refractivity contribution in [1.29, 1.82) is 0 Å². The van der Waals surface area contributed by atoms with E-state index in [1.807, 2.05) is 54.6 Å². The normalized spacial score (nSPS) is 11.1. The second-order valence-electron chi connectivity index (χ2n) is 6.27. The highest BCUT2D eigenvalue weighted by molar-refractivity contribution is 6.32. The summed E-state index contributed by atoms with van der Waals surface area (Å²) >= 11 is 6.34. The van der Waals surface area contributed by atoms with Gasteiger partial charge in [0.05, 0.1) is 35.3 Å². The molecule has 0 bridgehead atoms. The minimum absolute atomic E-state index is 0.131. The Hall–Kier alpha value is -2.30. The number of aromatic nitrogens is 2. The molecule has 1 aromatic heterocycles. The molecule has 0 saturated carbocycles. The first kappa shape index (κ1) is 17.5. The minimum atomic E-state index is -0.131. The monoisotopic (exact) mass is 356 g/mol. The van der Waals surface area contributed by atoms with E-state index in [0.29, 0.717) is 23.2 Å². The number of aliphatic hydroxyl groups excluding tert-OH is 1. The van der Waals surface area contributed by atoms with Crippen LogP contribution in [0, 0.1) is 5.92 Å². The fraction of sp³-hybridized carbons (Fsp3) is 0.250. The molecule has 3 rings (SSSR count). The van der Waals surface area contributed by atoms with E-state index in [0.717, 1.165) is 22.7 Å². The first-order chi connectivity index (χ1) is 12.1. The smallest absolute Gasteiger partial charge is 0.119 e. The van der Waals surface area contributed by atoms with Gasteiger partial charge in [-0.05, 0) is 36.2 Å². The van der Waals surface area contributed by atoms with E-state index in [1.165, 1.54) is 0 Å². The van der Waals surface area contributed by atoms with Crippen LogP contribution in [0.2, 0.25) is 5.02 Å². The van der Waals surface area contributed by atoms with Gasteiger partial charge in [-0.25, -0.2) is 4.68 Å². The van der Waals surface area contributed by atoms with E-state index in [9.17, 15) is 5.11 Å². The van der Waals surface area contributed by atoms with Crippen LogP contribution in [0.5, 0.6) is 5.75 Å². The van der Waals surface area contributed by atoms with Gasteiger partial charge in [0.25, 0.3) is 0 Å². The number of aliphatic hydroxyl groups is 1. The summed E-state index contributed by atoms with van der Waals surface area (Å²) in [7, 11) is 0. The van der Waals surface area contributed by atoms with E-state index in [1.54, 1.807) is 4.68 Å². The van der Waals surface area contributed by atoms with Crippen LogP contribution in [0.15, 0.2) is 54.6 Å². The molecule has 0 aliphatic heterocycles. The molecule has 0 spiro atoms. The number of hydrogen-bond acceptors (Lipinski definition) is 3. The van der Waals surface area contributed by atoms with Gasteiger partial charge in [-0.2, -0.15) is 5.10 Å². The maximum absolute atomic E-state index is 9.50. The molecule has 0 radical (unpaired) electrons. The zero-order chi connectivity index (χ0) is 17.8. The van der Waals surface area contributed by atoms with Crippen LogP contribution in [-0.4, -0.2) is 21.5 Å². The van der Waals surface area contributed by atoms with Gasteiger partial charge >= 0.3 is 0 Å². The van der Waals surface area contributed by atoms with Crippen LogP contribution in [0.25, 0.3) is 16.9 Å². The molecule has 0 atom stereocenters. The molecular formula is C20H21ClN2O2. The van der Waals surface area contributed by atoms with E-state index in [-0.39, 0.29) is 6.61 Å². The van der Waals surface area contributed by atoms with Crippen molar-refractivity contribution in [3.05, 3.63) is 65.3 Å². The molecule has 0 unspecified atom stereocenters. The van der Waals surface area contributed by atoms with Crippen molar-refractivity contribution in [3.63, 3.8) is 0 Å². The second-order valence-corrected chi connectivity index (χ2v) is 6.68. The number of rotatable bonds is 6. The first-order valence-corrected chi connectivity index (χ1v) is 8.64. The van der Waals surface area contributed by atoms with E-state index < -0.39 is 0 Å². The summed E-state index contributed by atoms with van der Waals surface area (Å²) in [6.45, 7) is 4.76. The Labute approximate surface area is 152 Å². The maximum atomic E-state index is 9.50. The quantitative estimate of drug-likeness (QED) is 0.695. The van der Waals surface area contributed by atoms with Crippen molar-refractivity contribution in [2.75, 3.05) is 6.61 Å². The molecule has 3 aromatic rings. The summed E-state index contributed by atoms with van der Waals surface area (Å²) in [6.07, 6.45) is 0. The summed E-state index contributed by atoms with van der Waals surface area (Å²) < 4.78 is 7.59. The molecule has 2 aromatic carbocycles. The number of ether oxygens (including phenoxy) is 1. The summed E-state index contributed by atoms with van der Waals surface area (Å²) in [6, 6.07) is 17.2. The van der Waals surface area contributed by atoms with Crippen LogP contribution >= 0.6 is 11.6 Å². The van der Waals surface area contributed by atoms with Gasteiger partial charge in [-0.3, -0.25) is 0 Å². The number of para-hydroxylation sites is 1. The van der Waals surface area contributed by atoms with E-state index >= 15 is 0 Å². The zero-order valence-electron chi connectivity index (χ0n) is 14.3. The zero-order valence-corrected chi connectivity index (χ0v) is 15.1. The third-order valence-corrected chi connectivity index (χ3v) is 4.04. The van der Waals surface area contributed by atoms with Crippen molar-refractivity contribution in [1.82, 2.24) is 9.78 Å². The summed E-state index contributed by atoms with van der Waals surface area (Å²) in [4.78, 5) is 0. The molecule has 4 nitrogen and oxygen atoms in total. The number of benzene rings is 2. The molecule has 0 fully saturated rings. The lowest BCUT2D eigenvalue weighted by atomic mass is 10.1. The fourth-order valence-corrected chi connectivity index (χ4v) is 2.74. The van der Waals surface area contributed by atoms with Crippen LogP contribution in [0.4, 0.5) is 0 Å². The lowest BCUT2D eigenvalue weighted by Crippen LogP contribution is -2.04. The van der Waals surface area contributed by atoms with Gasteiger partial charge in [0.2, 0.25) is 0 Å². The Kier molecular flexibility index (Phi) is 5.41. The van der Waals surface area contributed by atoms with Crippen LogP contribution in [-0.2, 0) is 6.61 Å². The Morgan fingerprint density at radius 3 is 2.64 bits per heavy atom. The maximum Gasteiger partial charge on any atom is 0.119 e. The third-order valence-electron chi connectivity index (χ3n) is 3.72. The number of hydrogen-bond donors (Lipinski definition) is 1. The topological polar surface area (TPSA) is 47.3 Å². The summed E-state index contributed by atoms with van der Waals surface area (Å²) in [5.41, 5.74) is 3.16. The largest absolute Gasteiger partial charge is 0.493 e. The SMILES string of the molecule is CC(C)COc1cccc(-c2cc(CO)nn2-c2ccccc2Cl)c1. The predicted molar refractivity (Wildman–Crippen MR) is 100 cm³/mol. The predicted octanol–water partition coefficient (Wildman–Crippen LogP) is 4.72. The van der Waals surface area contributed by atoms with Gasteiger partial charge in [0.15, 0.2) is 0 Å². The minimum Gasteiger partial charge on any atom is -0.493 e. The van der Waals surface area contributed by atoms with E-state index in [4.69, 9.17) is 16.3 Å². The molecule has 0 aliphatic rings. The highest BCUT2D eigenvalue weighted by Gasteiger charge is 2.14. The highest BCUT2D eigenvalue weighted by Crippen LogP contribution is 2.30. The van der Waals surface area contributed by atoms with Gasteiger partial charge < -0.3 is 9.84 Å². The molecule has 0 aliphatic carbocycles. The van der Waals surface area contributed by atoms with Gasteiger partial charge in [-0.15, -0.1) is 0 Å². The molecule has 1 N–H and O–H groups in total. The van der Waals surface area contributed by atoms with E-state index in [2.05, 4.69) is 18.9 Å². The molecule has 0 saturated heterocycles. The van der Waals surface area contributed by atoms with Crippen molar-refractivity contribution >= 4 is 11.6 Å². The standard InChI is InChI=1S/C20H21ClN2O2/c1-14(2)13-25-17-7-5-6-15(10-17)20-11-16(12-24)22-23(20)19-9-4-3-8-18(19)21/h3-11,14,24H,12-13H2,1-2H3. The summed E-state index contributed by atoms with van der Waals surface area (Å²) in [5, 5.41) is 14.6. The lowest BCUT2D eigenvalue weighted by Gasteiger charge is -2.12. The number of halogens is 1. The highest BCUT2D eigenvalue weighted by atomic mass is 35.5. The number of nitrogens with zero attached hydrogens (tertiary/aromatic N) is 2. The molecule has 130 valence electrons. The second kappa shape index (κ2) is 7.72. The summed E-state index contributed by atoms with van der Waals surface area (Å²) in [5.74, 6) is 1.27. The van der Waals surface area contributed by atoms with Gasteiger partial charge in [0.1, 0.15) is 5.75 Å². The third kappa shape index (κ3) is 4.03. The van der Waals surface area contributed by atoms with Crippen molar-refractivity contribution in [2.24, 2.45) is 5.92 Å². The van der Waals surface area contributed by atoms with Crippen molar-refractivity contribution in [2.45, 2.75) is 20.5 Å². The van der Waals surface area contributed by atoms with Crippen LogP contribution in [0.3, 0.4) is 0 Å². The van der Waals surface area contributed by atoms with Crippen LogP contribution < -0.4 is 4.74 Å². The van der Waals surface area contributed by atoms with Gasteiger partial charge in [-0.1, -0.05) is 49.7 Å². The Bertz CT molecular complexity index is 858. The molecular weight excluding hydrogens is 336 g/mol. The Morgan fingerprint density at radius 2 is 1.92 bits per heavy atom. The first-order valence-electron chi connectivity index (χ1n) is 8.26. The molecule has 0 amide bonds. The van der Waals surface area contributed by atoms with Crippen molar-refractivity contribution in [3.8, 4) is 22.7 Å². The molecule has 1 heterocycles. The Morgan fingerprint density at radius 1 is 1.12 bits per heavy atom.